The quantitative estimate of drug-likeness (QED) is 0.333. The molecule has 2 unspecified atom stereocenters. The highest BCUT2D eigenvalue weighted by atomic mass is 127. The molecule has 7 heteroatoms. The molecule has 164 valence electrons. The molecule has 0 bridgehead atoms. The van der Waals surface area contributed by atoms with E-state index in [1.165, 1.54) is 57.4 Å². The second kappa shape index (κ2) is 12.6. The fourth-order valence-electron chi connectivity index (χ4n) is 4.36. The van der Waals surface area contributed by atoms with E-state index in [0.717, 1.165) is 24.8 Å². The van der Waals surface area contributed by atoms with Crippen LogP contribution in [0.25, 0.3) is 0 Å². The highest BCUT2D eigenvalue weighted by Crippen LogP contribution is 2.25. The van der Waals surface area contributed by atoms with Gasteiger partial charge in [-0.05, 0) is 69.6 Å². The predicted molar refractivity (Wildman–Crippen MR) is 132 cm³/mol. The maximum absolute atomic E-state index is 5.34. The lowest BCUT2D eigenvalue weighted by Gasteiger charge is -2.35. The van der Waals surface area contributed by atoms with Crippen LogP contribution in [0, 0.1) is 5.92 Å². The number of nitrogens with one attached hydrogen (secondary N) is 2. The smallest absolute Gasteiger partial charge is 0.191 e. The molecule has 3 rings (SSSR count). The van der Waals surface area contributed by atoms with E-state index in [1.54, 1.807) is 7.11 Å². The van der Waals surface area contributed by atoms with E-state index >= 15 is 0 Å². The summed E-state index contributed by atoms with van der Waals surface area (Å²) in [6.45, 7) is 6.55. The van der Waals surface area contributed by atoms with Gasteiger partial charge in [0.05, 0.1) is 13.2 Å². The van der Waals surface area contributed by atoms with Crippen LogP contribution in [0.5, 0.6) is 5.75 Å². The van der Waals surface area contributed by atoms with Crippen LogP contribution in [0.15, 0.2) is 29.3 Å². The molecule has 0 saturated carbocycles. The van der Waals surface area contributed by atoms with Gasteiger partial charge in [-0.15, -0.1) is 24.0 Å². The normalized spacial score (nSPS) is 22.0. The largest absolute Gasteiger partial charge is 0.497 e. The van der Waals surface area contributed by atoms with Crippen LogP contribution in [0.3, 0.4) is 0 Å². The summed E-state index contributed by atoms with van der Waals surface area (Å²) in [4.78, 5) is 9.46. The zero-order valence-electron chi connectivity index (χ0n) is 18.2. The number of aliphatic imine (C=N–C) groups is 1. The van der Waals surface area contributed by atoms with Crippen molar-refractivity contribution in [2.75, 3.05) is 60.5 Å². The van der Waals surface area contributed by atoms with Crippen molar-refractivity contribution in [3.05, 3.63) is 29.8 Å². The average Bonchev–Trinajstić information content (AvgIpc) is 3.16. The van der Waals surface area contributed by atoms with E-state index < -0.39 is 0 Å². The van der Waals surface area contributed by atoms with Gasteiger partial charge in [0.15, 0.2) is 5.96 Å². The molecule has 2 N–H and O–H groups in total. The summed E-state index contributed by atoms with van der Waals surface area (Å²) < 4.78 is 5.34. The predicted octanol–water partition coefficient (Wildman–Crippen LogP) is 2.96. The Morgan fingerprint density at radius 2 is 1.86 bits per heavy atom. The van der Waals surface area contributed by atoms with Crippen LogP contribution >= 0.6 is 24.0 Å². The van der Waals surface area contributed by atoms with E-state index in [9.17, 15) is 0 Å². The summed E-state index contributed by atoms with van der Waals surface area (Å²) in [6.07, 6.45) is 5.19. The zero-order chi connectivity index (χ0) is 19.8. The minimum atomic E-state index is 0. The van der Waals surface area contributed by atoms with E-state index in [4.69, 9.17) is 4.74 Å². The fourth-order valence-corrected chi connectivity index (χ4v) is 4.36. The summed E-state index contributed by atoms with van der Waals surface area (Å²) in [5.74, 6) is 2.53. The van der Waals surface area contributed by atoms with Gasteiger partial charge in [0.25, 0.3) is 0 Å². The Kier molecular flexibility index (Phi) is 10.5. The van der Waals surface area contributed by atoms with Crippen LogP contribution in [0.1, 0.15) is 37.3 Å². The van der Waals surface area contributed by atoms with Crippen molar-refractivity contribution in [1.29, 1.82) is 0 Å². The maximum Gasteiger partial charge on any atom is 0.191 e. The lowest BCUT2D eigenvalue weighted by atomic mass is 10.0. The van der Waals surface area contributed by atoms with Gasteiger partial charge in [0.1, 0.15) is 5.75 Å². The summed E-state index contributed by atoms with van der Waals surface area (Å²) in [5, 5.41) is 7.12. The van der Waals surface area contributed by atoms with Crippen molar-refractivity contribution in [2.24, 2.45) is 10.9 Å². The van der Waals surface area contributed by atoms with E-state index in [2.05, 4.69) is 56.7 Å². The molecule has 0 amide bonds. The van der Waals surface area contributed by atoms with Crippen LogP contribution in [0.2, 0.25) is 0 Å². The highest BCUT2D eigenvalue weighted by Gasteiger charge is 2.23. The third-order valence-electron chi connectivity index (χ3n) is 6.07. The first-order chi connectivity index (χ1) is 13.7. The Labute approximate surface area is 193 Å². The van der Waals surface area contributed by atoms with Gasteiger partial charge in [-0.1, -0.05) is 18.6 Å². The molecule has 6 nitrogen and oxygen atoms in total. The van der Waals surface area contributed by atoms with Crippen LogP contribution in [-0.4, -0.2) is 76.2 Å². The minimum Gasteiger partial charge on any atom is -0.497 e. The highest BCUT2D eigenvalue weighted by molar-refractivity contribution is 14.0. The van der Waals surface area contributed by atoms with Crippen LogP contribution in [-0.2, 0) is 0 Å². The van der Waals surface area contributed by atoms with Crippen molar-refractivity contribution >= 4 is 29.9 Å². The molecule has 2 atom stereocenters. The number of guanidine groups is 1. The Bertz CT molecular complexity index is 618. The number of benzene rings is 1. The molecule has 2 fully saturated rings. The number of ether oxygens (including phenoxy) is 1. The van der Waals surface area contributed by atoms with E-state index in [1.807, 2.05) is 7.05 Å². The van der Waals surface area contributed by atoms with Crippen molar-refractivity contribution in [2.45, 2.75) is 31.7 Å². The lowest BCUT2D eigenvalue weighted by molar-refractivity contribution is 0.164. The van der Waals surface area contributed by atoms with Gasteiger partial charge in [0.2, 0.25) is 0 Å². The van der Waals surface area contributed by atoms with Gasteiger partial charge >= 0.3 is 0 Å². The van der Waals surface area contributed by atoms with Gasteiger partial charge in [-0.3, -0.25) is 9.89 Å². The third-order valence-corrected chi connectivity index (χ3v) is 6.07. The first-order valence-corrected chi connectivity index (χ1v) is 10.7. The number of nitrogens with zero attached hydrogens (tertiary/aromatic N) is 3. The number of hydrogen-bond acceptors (Lipinski definition) is 4. The first kappa shape index (κ1) is 24.2. The number of halogens is 1. The standard InChI is InChI=1S/C22H37N5O.HI/c1-23-22(24-15-18-11-14-26(2)17-18)25-16-21(27-12-5-4-6-13-27)19-7-9-20(28-3)10-8-19;/h7-10,18,21H,4-6,11-17H2,1-3H3,(H2,23,24,25);1H. The Hall–Kier alpha value is -1.06. The van der Waals surface area contributed by atoms with Gasteiger partial charge in [-0.2, -0.15) is 0 Å². The molecule has 1 aromatic carbocycles. The molecule has 0 spiro atoms. The summed E-state index contributed by atoms with van der Waals surface area (Å²) >= 11 is 0. The van der Waals surface area contributed by atoms with Crippen molar-refractivity contribution in [3.8, 4) is 5.75 Å². The lowest BCUT2D eigenvalue weighted by Crippen LogP contribution is -2.45. The summed E-state index contributed by atoms with van der Waals surface area (Å²) in [5.41, 5.74) is 1.34. The summed E-state index contributed by atoms with van der Waals surface area (Å²) in [6, 6.07) is 8.88. The Balaban J connectivity index is 0.00000300. The number of methoxy groups -OCH3 is 1. The molecule has 2 aliphatic heterocycles. The first-order valence-electron chi connectivity index (χ1n) is 10.7. The maximum atomic E-state index is 5.34. The molecule has 2 saturated heterocycles. The second-order valence-electron chi connectivity index (χ2n) is 8.14. The molecular formula is C22H38IN5O. The number of piperidine rings is 1. The summed E-state index contributed by atoms with van der Waals surface area (Å²) in [7, 11) is 5.78. The minimum absolute atomic E-state index is 0. The SMILES string of the molecule is CN=C(NCC1CCN(C)C1)NCC(c1ccc(OC)cc1)N1CCCCC1.I. The van der Waals surface area contributed by atoms with Crippen LogP contribution < -0.4 is 15.4 Å². The van der Waals surface area contributed by atoms with Gasteiger partial charge < -0.3 is 20.3 Å². The molecule has 0 aromatic heterocycles. The fraction of sp³-hybridized carbons (Fsp3) is 0.682. The Morgan fingerprint density at radius 1 is 1.14 bits per heavy atom. The van der Waals surface area contributed by atoms with Crippen molar-refractivity contribution in [1.82, 2.24) is 20.4 Å². The molecule has 0 radical (unpaired) electrons. The monoisotopic (exact) mass is 515 g/mol. The molecular weight excluding hydrogens is 477 g/mol. The Morgan fingerprint density at radius 3 is 2.45 bits per heavy atom. The van der Waals surface area contributed by atoms with E-state index in [0.29, 0.717) is 12.0 Å². The zero-order valence-corrected chi connectivity index (χ0v) is 20.5. The molecule has 2 aliphatic rings. The number of hydrogen-bond donors (Lipinski definition) is 2. The van der Waals surface area contributed by atoms with Crippen molar-refractivity contribution < 1.29 is 4.74 Å². The molecule has 1 aromatic rings. The molecule has 2 heterocycles. The van der Waals surface area contributed by atoms with E-state index in [-0.39, 0.29) is 24.0 Å². The van der Waals surface area contributed by atoms with Crippen LogP contribution in [0.4, 0.5) is 0 Å². The molecule has 29 heavy (non-hydrogen) atoms. The molecule has 0 aliphatic carbocycles. The van der Waals surface area contributed by atoms with Gasteiger partial charge in [0, 0.05) is 26.7 Å². The van der Waals surface area contributed by atoms with Gasteiger partial charge in [-0.25, -0.2) is 0 Å². The third kappa shape index (κ3) is 7.29. The van der Waals surface area contributed by atoms with Crippen molar-refractivity contribution in [3.63, 3.8) is 0 Å². The number of likely N-dealkylation sites (tertiary alicyclic amines) is 2. The number of rotatable bonds is 7. The second-order valence-corrected chi connectivity index (χ2v) is 8.14. The topological polar surface area (TPSA) is 52.1 Å². The average molecular weight is 515 g/mol.